The van der Waals surface area contributed by atoms with E-state index < -0.39 is 17.6 Å². The molecule has 104 valence electrons. The molecule has 0 aliphatic rings. The molecule has 0 aliphatic carbocycles. The molecule has 0 aliphatic heterocycles. The minimum absolute atomic E-state index is 0.0930. The van der Waals surface area contributed by atoms with Crippen molar-refractivity contribution in [2.45, 2.75) is 12.7 Å². The van der Waals surface area contributed by atoms with Gasteiger partial charge < -0.3 is 10.7 Å². The summed E-state index contributed by atoms with van der Waals surface area (Å²) in [7, 11) is 1.52. The van der Waals surface area contributed by atoms with Crippen LogP contribution in [-0.2, 0) is 17.5 Å². The van der Waals surface area contributed by atoms with Crippen molar-refractivity contribution in [3.8, 4) is 0 Å². The molecule has 19 heavy (non-hydrogen) atoms. The Bertz CT molecular complexity index is 478. The fourth-order valence-corrected chi connectivity index (χ4v) is 1.35. The molecule has 0 aromatic carbocycles. The highest BCUT2D eigenvalue weighted by molar-refractivity contribution is 7.82. The van der Waals surface area contributed by atoms with E-state index in [1.807, 2.05) is 0 Å². The zero-order valence-corrected chi connectivity index (χ0v) is 10.7. The van der Waals surface area contributed by atoms with Gasteiger partial charge in [0.05, 0.1) is 17.8 Å². The van der Waals surface area contributed by atoms with Gasteiger partial charge in [0.25, 0.3) is 5.91 Å². The molecule has 0 atom stereocenters. The second-order valence-corrected chi connectivity index (χ2v) is 3.83. The molecule has 3 N–H and O–H groups in total. The first kappa shape index (κ1) is 15.3. The lowest BCUT2D eigenvalue weighted by atomic mass is 10.2. The van der Waals surface area contributed by atoms with E-state index in [0.717, 1.165) is 18.3 Å². The third-order valence-electron chi connectivity index (χ3n) is 2.02. The van der Waals surface area contributed by atoms with Crippen LogP contribution in [0.5, 0.6) is 0 Å². The molecule has 9 heteroatoms. The average molecular weight is 292 g/mol. The standard InChI is InChI=1S/C10H11F3N4OS/c1-14-17-9(19)8(18)16-5-7-4-6(2-3-15-7)10(11,12)13/h2-4,14H,5H2,1H3,(H,16,18)(H,17,19). The van der Waals surface area contributed by atoms with E-state index in [-0.39, 0.29) is 17.2 Å². The zero-order valence-electron chi connectivity index (χ0n) is 9.84. The van der Waals surface area contributed by atoms with Crippen molar-refractivity contribution in [2.75, 3.05) is 7.05 Å². The summed E-state index contributed by atoms with van der Waals surface area (Å²) < 4.78 is 37.3. The molecule has 0 spiro atoms. The molecule has 0 fully saturated rings. The quantitative estimate of drug-likeness (QED) is 0.567. The van der Waals surface area contributed by atoms with Crippen LogP contribution >= 0.6 is 12.2 Å². The number of aromatic nitrogens is 1. The van der Waals surface area contributed by atoms with Gasteiger partial charge >= 0.3 is 6.18 Å². The molecule has 0 radical (unpaired) electrons. The Kier molecular flexibility index (Phi) is 5.19. The highest BCUT2D eigenvalue weighted by atomic mass is 32.1. The number of halogens is 3. The van der Waals surface area contributed by atoms with Crippen molar-refractivity contribution in [3.05, 3.63) is 29.6 Å². The van der Waals surface area contributed by atoms with Crippen molar-refractivity contribution in [1.82, 2.24) is 21.2 Å². The number of nitrogens with one attached hydrogen (secondary N) is 3. The van der Waals surface area contributed by atoms with Crippen LogP contribution in [0.1, 0.15) is 11.3 Å². The van der Waals surface area contributed by atoms with Gasteiger partial charge in [-0.3, -0.25) is 9.78 Å². The number of carbonyl (C=O) groups is 1. The number of thiocarbonyl (C=S) groups is 1. The molecule has 0 bridgehead atoms. The van der Waals surface area contributed by atoms with Crippen molar-refractivity contribution >= 4 is 23.1 Å². The Morgan fingerprint density at radius 3 is 2.74 bits per heavy atom. The molecule has 1 aromatic rings. The minimum atomic E-state index is -4.44. The first-order valence-electron chi connectivity index (χ1n) is 5.11. The number of carbonyl (C=O) groups excluding carboxylic acids is 1. The maximum atomic E-state index is 12.4. The first-order valence-corrected chi connectivity index (χ1v) is 5.52. The third kappa shape index (κ3) is 4.79. The van der Waals surface area contributed by atoms with Crippen LogP contribution in [-0.4, -0.2) is 22.9 Å². The summed E-state index contributed by atoms with van der Waals surface area (Å²) in [6.45, 7) is -0.145. The van der Waals surface area contributed by atoms with Gasteiger partial charge in [-0.05, 0) is 12.1 Å². The van der Waals surface area contributed by atoms with Crippen molar-refractivity contribution < 1.29 is 18.0 Å². The van der Waals surface area contributed by atoms with E-state index in [2.05, 4.69) is 21.2 Å². The number of amides is 1. The van der Waals surface area contributed by atoms with Gasteiger partial charge in [0, 0.05) is 13.2 Å². The van der Waals surface area contributed by atoms with Gasteiger partial charge in [-0.2, -0.15) is 13.2 Å². The van der Waals surface area contributed by atoms with Crippen LogP contribution < -0.4 is 16.2 Å². The van der Waals surface area contributed by atoms with Crippen LogP contribution in [0.3, 0.4) is 0 Å². The van der Waals surface area contributed by atoms with Crippen molar-refractivity contribution in [2.24, 2.45) is 0 Å². The Balaban J connectivity index is 2.64. The number of hydrogen-bond donors (Lipinski definition) is 3. The van der Waals surface area contributed by atoms with E-state index in [4.69, 9.17) is 12.2 Å². The summed E-state index contributed by atoms with van der Waals surface area (Å²) in [4.78, 5) is 15.0. The minimum Gasteiger partial charge on any atom is -0.344 e. The Morgan fingerprint density at radius 2 is 2.16 bits per heavy atom. The number of alkyl halides is 3. The predicted molar refractivity (Wildman–Crippen MR) is 65.9 cm³/mol. The number of hydrazine groups is 1. The van der Waals surface area contributed by atoms with E-state index in [1.54, 1.807) is 0 Å². The fraction of sp³-hybridized carbons (Fsp3) is 0.300. The van der Waals surface area contributed by atoms with Crippen molar-refractivity contribution in [1.29, 1.82) is 0 Å². The van der Waals surface area contributed by atoms with E-state index in [9.17, 15) is 18.0 Å². The Morgan fingerprint density at radius 1 is 1.47 bits per heavy atom. The molecule has 0 saturated heterocycles. The molecule has 0 unspecified atom stereocenters. The van der Waals surface area contributed by atoms with E-state index in [1.165, 1.54) is 7.05 Å². The van der Waals surface area contributed by atoms with Gasteiger partial charge in [-0.25, -0.2) is 5.43 Å². The van der Waals surface area contributed by atoms with Crippen LogP contribution in [0.15, 0.2) is 18.3 Å². The fourth-order valence-electron chi connectivity index (χ4n) is 1.17. The number of hydrogen-bond acceptors (Lipinski definition) is 4. The molecular weight excluding hydrogens is 281 g/mol. The molecule has 0 saturated carbocycles. The highest BCUT2D eigenvalue weighted by Crippen LogP contribution is 2.28. The van der Waals surface area contributed by atoms with Crippen molar-refractivity contribution in [3.63, 3.8) is 0 Å². The van der Waals surface area contributed by atoms with Crippen LogP contribution in [0, 0.1) is 0 Å². The Hall–Kier alpha value is -1.74. The molecule has 1 aromatic heterocycles. The monoisotopic (exact) mass is 292 g/mol. The highest BCUT2D eigenvalue weighted by Gasteiger charge is 2.30. The summed E-state index contributed by atoms with van der Waals surface area (Å²) >= 11 is 4.69. The number of rotatable bonds is 3. The third-order valence-corrected chi connectivity index (χ3v) is 2.31. The van der Waals surface area contributed by atoms with Gasteiger partial charge in [0.15, 0.2) is 4.99 Å². The summed E-state index contributed by atoms with van der Waals surface area (Å²) in [6.07, 6.45) is -3.40. The normalized spacial score (nSPS) is 10.9. The number of pyridine rings is 1. The van der Waals surface area contributed by atoms with Crippen LogP contribution in [0.25, 0.3) is 0 Å². The molecule has 1 rings (SSSR count). The van der Waals surface area contributed by atoms with Gasteiger partial charge in [-0.1, -0.05) is 12.2 Å². The van der Waals surface area contributed by atoms with Crippen LogP contribution in [0.4, 0.5) is 13.2 Å². The smallest absolute Gasteiger partial charge is 0.344 e. The molecule has 1 heterocycles. The van der Waals surface area contributed by atoms with E-state index in [0.29, 0.717) is 0 Å². The summed E-state index contributed by atoms with van der Waals surface area (Å²) in [5.41, 5.74) is 4.12. The zero-order chi connectivity index (χ0) is 14.5. The summed E-state index contributed by atoms with van der Waals surface area (Å²) in [6, 6.07) is 1.73. The molecular formula is C10H11F3N4OS. The first-order chi connectivity index (χ1) is 8.84. The summed E-state index contributed by atoms with van der Waals surface area (Å²) in [5, 5.41) is 2.35. The van der Waals surface area contributed by atoms with E-state index >= 15 is 0 Å². The molecule has 5 nitrogen and oxygen atoms in total. The lowest BCUT2D eigenvalue weighted by Gasteiger charge is -2.09. The SMILES string of the molecule is CNNC(=S)C(=O)NCc1cc(C(F)(F)F)ccn1. The predicted octanol–water partition coefficient (Wildman–Crippen LogP) is 0.768. The van der Waals surface area contributed by atoms with Gasteiger partial charge in [0.2, 0.25) is 0 Å². The lowest BCUT2D eigenvalue weighted by molar-refractivity contribution is -0.137. The maximum Gasteiger partial charge on any atom is 0.416 e. The largest absolute Gasteiger partial charge is 0.416 e. The average Bonchev–Trinajstić information content (AvgIpc) is 2.35. The molecule has 1 amide bonds. The number of nitrogens with zero attached hydrogens (tertiary/aromatic N) is 1. The van der Waals surface area contributed by atoms with Crippen LogP contribution in [0.2, 0.25) is 0 Å². The second kappa shape index (κ2) is 6.43. The topological polar surface area (TPSA) is 66.0 Å². The van der Waals surface area contributed by atoms with Gasteiger partial charge in [-0.15, -0.1) is 0 Å². The van der Waals surface area contributed by atoms with Gasteiger partial charge in [0.1, 0.15) is 0 Å². The summed E-state index contributed by atoms with van der Waals surface area (Å²) in [5.74, 6) is -0.608. The lowest BCUT2D eigenvalue weighted by Crippen LogP contribution is -2.43. The Labute approximate surface area is 112 Å². The maximum absolute atomic E-state index is 12.4. The second-order valence-electron chi connectivity index (χ2n) is 3.42.